The standard InChI is InChI=1S/C21H10Br2N2O2/c22-11-2-4-13-14-5-3-12(23)9-16(14)20-19(15(13)8-11)24-17-6-1-10(21(26)27)7-18(17)25-20/h1-9H,(H,26,27). The Kier molecular flexibility index (Phi) is 3.67. The summed E-state index contributed by atoms with van der Waals surface area (Å²) in [5.41, 5.74) is 2.99. The van der Waals surface area contributed by atoms with Gasteiger partial charge in [0.05, 0.1) is 27.6 Å². The van der Waals surface area contributed by atoms with E-state index in [1.807, 2.05) is 24.3 Å². The molecular formula is C21H10Br2N2O2. The van der Waals surface area contributed by atoms with Crippen molar-refractivity contribution in [2.45, 2.75) is 0 Å². The Morgan fingerprint density at radius 3 is 1.81 bits per heavy atom. The van der Waals surface area contributed by atoms with Gasteiger partial charge in [0, 0.05) is 19.7 Å². The number of carboxylic acid groups (broad SMARTS) is 1. The van der Waals surface area contributed by atoms with Gasteiger partial charge in [-0.15, -0.1) is 0 Å². The van der Waals surface area contributed by atoms with Crippen molar-refractivity contribution in [1.82, 2.24) is 9.97 Å². The molecule has 1 heterocycles. The van der Waals surface area contributed by atoms with Crippen LogP contribution >= 0.6 is 31.9 Å². The molecule has 5 aromatic rings. The van der Waals surface area contributed by atoms with Gasteiger partial charge < -0.3 is 5.11 Å². The first kappa shape index (κ1) is 16.6. The lowest BCUT2D eigenvalue weighted by Gasteiger charge is -2.11. The molecule has 27 heavy (non-hydrogen) atoms. The summed E-state index contributed by atoms with van der Waals surface area (Å²) in [5.74, 6) is -0.978. The fraction of sp³-hybridized carbons (Fsp3) is 0. The molecule has 4 nitrogen and oxygen atoms in total. The third kappa shape index (κ3) is 2.59. The van der Waals surface area contributed by atoms with E-state index in [2.05, 4.69) is 44.0 Å². The monoisotopic (exact) mass is 480 g/mol. The Morgan fingerprint density at radius 1 is 0.704 bits per heavy atom. The lowest BCUT2D eigenvalue weighted by atomic mass is 9.99. The summed E-state index contributed by atoms with van der Waals surface area (Å²) in [6.07, 6.45) is 0. The number of fused-ring (bicyclic) bond motifs is 7. The van der Waals surface area contributed by atoms with Crippen molar-refractivity contribution >= 4 is 81.4 Å². The quantitative estimate of drug-likeness (QED) is 0.225. The first-order chi connectivity index (χ1) is 13.0. The zero-order chi connectivity index (χ0) is 18.7. The average molecular weight is 482 g/mol. The summed E-state index contributed by atoms with van der Waals surface area (Å²) in [6, 6.07) is 17.1. The van der Waals surface area contributed by atoms with Gasteiger partial charge in [-0.2, -0.15) is 0 Å². The highest BCUT2D eigenvalue weighted by Crippen LogP contribution is 2.36. The van der Waals surface area contributed by atoms with Gasteiger partial charge in [-0.3, -0.25) is 0 Å². The molecule has 0 atom stereocenters. The topological polar surface area (TPSA) is 63.1 Å². The second-order valence-corrected chi connectivity index (χ2v) is 8.14. The molecule has 4 aromatic carbocycles. The van der Waals surface area contributed by atoms with Gasteiger partial charge in [0.2, 0.25) is 0 Å². The molecule has 0 aliphatic carbocycles. The van der Waals surface area contributed by atoms with Gasteiger partial charge in [-0.1, -0.05) is 44.0 Å². The van der Waals surface area contributed by atoms with E-state index in [0.717, 1.165) is 41.5 Å². The van der Waals surface area contributed by atoms with Gasteiger partial charge >= 0.3 is 5.97 Å². The largest absolute Gasteiger partial charge is 0.478 e. The van der Waals surface area contributed by atoms with Crippen LogP contribution in [0.5, 0.6) is 0 Å². The van der Waals surface area contributed by atoms with E-state index < -0.39 is 5.97 Å². The number of aromatic nitrogens is 2. The highest BCUT2D eigenvalue weighted by Gasteiger charge is 2.14. The number of hydrogen-bond donors (Lipinski definition) is 1. The SMILES string of the molecule is O=C(O)c1ccc2nc3c4cc(Br)ccc4c4ccc(Br)cc4c3nc2c1. The number of hydrogen-bond acceptors (Lipinski definition) is 3. The van der Waals surface area contributed by atoms with Crippen molar-refractivity contribution in [1.29, 1.82) is 0 Å². The van der Waals surface area contributed by atoms with E-state index in [-0.39, 0.29) is 5.56 Å². The molecule has 0 bridgehead atoms. The number of benzene rings is 4. The Bertz CT molecular complexity index is 1430. The molecule has 0 saturated carbocycles. The molecular weight excluding hydrogens is 472 g/mol. The molecule has 5 rings (SSSR count). The van der Waals surface area contributed by atoms with Gasteiger partial charge in [0.25, 0.3) is 0 Å². The fourth-order valence-electron chi connectivity index (χ4n) is 3.46. The summed E-state index contributed by atoms with van der Waals surface area (Å²) in [4.78, 5) is 21.0. The summed E-state index contributed by atoms with van der Waals surface area (Å²) < 4.78 is 1.92. The normalized spacial score (nSPS) is 11.6. The van der Waals surface area contributed by atoms with Crippen molar-refractivity contribution in [2.75, 3.05) is 0 Å². The maximum Gasteiger partial charge on any atom is 0.335 e. The second-order valence-electron chi connectivity index (χ2n) is 6.31. The van der Waals surface area contributed by atoms with Crippen LogP contribution in [0.15, 0.2) is 63.5 Å². The number of carboxylic acids is 1. The van der Waals surface area contributed by atoms with Gasteiger partial charge in [0.1, 0.15) is 0 Å². The number of carbonyl (C=O) groups is 1. The van der Waals surface area contributed by atoms with E-state index in [1.165, 1.54) is 0 Å². The number of rotatable bonds is 1. The van der Waals surface area contributed by atoms with Crippen molar-refractivity contribution in [3.8, 4) is 0 Å². The molecule has 0 fully saturated rings. The van der Waals surface area contributed by atoms with Crippen molar-refractivity contribution < 1.29 is 9.90 Å². The fourth-order valence-corrected chi connectivity index (χ4v) is 4.18. The predicted molar refractivity (Wildman–Crippen MR) is 114 cm³/mol. The molecule has 0 saturated heterocycles. The van der Waals surface area contributed by atoms with Crippen LogP contribution in [0.1, 0.15) is 10.4 Å². The van der Waals surface area contributed by atoms with Crippen LogP contribution in [0.2, 0.25) is 0 Å². The summed E-state index contributed by atoms with van der Waals surface area (Å²) in [6.45, 7) is 0. The van der Waals surface area contributed by atoms with Crippen molar-refractivity contribution in [3.63, 3.8) is 0 Å². The van der Waals surface area contributed by atoms with E-state index >= 15 is 0 Å². The maximum absolute atomic E-state index is 11.3. The van der Waals surface area contributed by atoms with E-state index in [0.29, 0.717) is 11.0 Å². The van der Waals surface area contributed by atoms with E-state index in [4.69, 9.17) is 9.97 Å². The molecule has 130 valence electrons. The first-order valence-corrected chi connectivity index (χ1v) is 9.75. The molecule has 0 spiro atoms. The Labute approximate surface area is 170 Å². The van der Waals surface area contributed by atoms with Gasteiger partial charge in [0.15, 0.2) is 0 Å². The minimum Gasteiger partial charge on any atom is -0.478 e. The lowest BCUT2D eigenvalue weighted by molar-refractivity contribution is 0.0697. The smallest absolute Gasteiger partial charge is 0.335 e. The van der Waals surface area contributed by atoms with Crippen molar-refractivity contribution in [3.05, 3.63) is 69.1 Å². The second kappa shape index (κ2) is 5.97. The highest BCUT2D eigenvalue weighted by atomic mass is 79.9. The average Bonchev–Trinajstić information content (AvgIpc) is 2.66. The molecule has 1 N–H and O–H groups in total. The summed E-state index contributed by atoms with van der Waals surface area (Å²) in [7, 11) is 0. The minimum atomic E-state index is -0.978. The van der Waals surface area contributed by atoms with Gasteiger partial charge in [-0.05, 0) is 53.2 Å². The molecule has 0 radical (unpaired) electrons. The van der Waals surface area contributed by atoms with Crippen LogP contribution in [-0.2, 0) is 0 Å². The van der Waals surface area contributed by atoms with Crippen LogP contribution in [0.4, 0.5) is 0 Å². The maximum atomic E-state index is 11.3. The van der Waals surface area contributed by atoms with E-state index in [9.17, 15) is 9.90 Å². The molecule has 0 aliphatic heterocycles. The van der Waals surface area contributed by atoms with Crippen LogP contribution in [0, 0.1) is 0 Å². The molecule has 0 unspecified atom stereocenters. The summed E-state index contributed by atoms with van der Waals surface area (Å²) >= 11 is 7.09. The molecule has 0 aliphatic rings. The first-order valence-electron chi connectivity index (χ1n) is 8.16. The highest BCUT2D eigenvalue weighted by molar-refractivity contribution is 9.10. The van der Waals surface area contributed by atoms with Crippen LogP contribution < -0.4 is 0 Å². The third-order valence-corrected chi connectivity index (χ3v) is 5.66. The molecule has 0 amide bonds. The lowest BCUT2D eigenvalue weighted by Crippen LogP contribution is -1.97. The van der Waals surface area contributed by atoms with Crippen LogP contribution in [0.25, 0.3) is 43.6 Å². The van der Waals surface area contributed by atoms with Gasteiger partial charge in [-0.25, -0.2) is 14.8 Å². The Morgan fingerprint density at radius 2 is 1.26 bits per heavy atom. The van der Waals surface area contributed by atoms with Crippen molar-refractivity contribution in [2.24, 2.45) is 0 Å². The number of aromatic carboxylic acids is 1. The molecule has 1 aromatic heterocycles. The van der Waals surface area contributed by atoms with E-state index in [1.54, 1.807) is 18.2 Å². The number of nitrogens with zero attached hydrogens (tertiary/aromatic N) is 2. The Hall–Kier alpha value is -2.57. The zero-order valence-corrected chi connectivity index (χ0v) is 16.9. The zero-order valence-electron chi connectivity index (χ0n) is 13.7. The molecule has 6 heteroatoms. The minimum absolute atomic E-state index is 0.199. The summed E-state index contributed by atoms with van der Waals surface area (Å²) in [5, 5.41) is 13.4. The van der Waals surface area contributed by atoms with Crippen LogP contribution in [-0.4, -0.2) is 21.0 Å². The third-order valence-electron chi connectivity index (χ3n) is 4.67. The Balaban J connectivity index is 2.05. The number of halogens is 2. The predicted octanol–water partition coefficient (Wildman–Crippen LogP) is 6.31. The van der Waals surface area contributed by atoms with Crippen LogP contribution in [0.3, 0.4) is 0 Å².